The van der Waals surface area contributed by atoms with Crippen molar-refractivity contribution in [2.45, 2.75) is 0 Å². The van der Waals surface area contributed by atoms with Crippen molar-refractivity contribution in [2.24, 2.45) is 5.90 Å². The molecule has 2 N–H and O–H groups in total. The lowest BCUT2D eigenvalue weighted by Gasteiger charge is -1.99. The van der Waals surface area contributed by atoms with E-state index in [-0.39, 0.29) is 13.2 Å². The quantitative estimate of drug-likeness (QED) is 0.325. The summed E-state index contributed by atoms with van der Waals surface area (Å²) in [5.74, 6) is 4.62. The number of methoxy groups -OCH3 is 1. The van der Waals surface area contributed by atoms with Crippen LogP contribution >= 0.6 is 0 Å². The van der Waals surface area contributed by atoms with Crippen LogP contribution in [0, 0.1) is 0 Å². The molecule has 0 saturated carbocycles. The largest absolute Gasteiger partial charge is 0.508 e. The predicted octanol–water partition coefficient (Wildman–Crippen LogP) is -0.340. The summed E-state index contributed by atoms with van der Waals surface area (Å²) in [6, 6.07) is 0. The van der Waals surface area contributed by atoms with Gasteiger partial charge in [0.15, 0.2) is 0 Å². The maximum atomic E-state index is 10.1. The molecule has 0 aliphatic rings. The minimum Gasteiger partial charge on any atom is -0.438 e. The maximum absolute atomic E-state index is 10.1. The Morgan fingerprint density at radius 3 is 2.67 bits per heavy atom. The van der Waals surface area contributed by atoms with Crippen LogP contribution < -0.4 is 5.90 Å². The van der Waals surface area contributed by atoms with Gasteiger partial charge in [-0.3, -0.25) is 0 Å². The van der Waals surface area contributed by atoms with E-state index in [2.05, 4.69) is 20.2 Å². The van der Waals surface area contributed by atoms with Crippen molar-refractivity contribution in [3.8, 4) is 0 Å². The summed E-state index contributed by atoms with van der Waals surface area (Å²) in [5, 5.41) is 0. The van der Waals surface area contributed by atoms with Gasteiger partial charge in [-0.05, 0) is 0 Å². The van der Waals surface area contributed by atoms with Gasteiger partial charge < -0.3 is 14.3 Å². The zero-order valence-corrected chi connectivity index (χ0v) is 5.12. The monoisotopic (exact) mass is 135 g/mol. The van der Waals surface area contributed by atoms with Crippen molar-refractivity contribution >= 4 is 6.16 Å². The molecule has 0 bridgehead atoms. The molecule has 0 unspecified atom stereocenters. The molecule has 0 radical (unpaired) electrons. The second-order valence-electron chi connectivity index (χ2n) is 1.17. The van der Waals surface area contributed by atoms with E-state index >= 15 is 0 Å². The first-order valence-corrected chi connectivity index (χ1v) is 2.33. The third-order valence-electron chi connectivity index (χ3n) is 0.588. The molecule has 0 amide bonds. The molecule has 0 spiro atoms. The number of hydrogen-bond donors (Lipinski definition) is 1. The molecule has 0 rings (SSSR count). The zero-order chi connectivity index (χ0) is 7.11. The Bertz CT molecular complexity index is 84.6. The zero-order valence-electron chi connectivity index (χ0n) is 5.12. The number of ether oxygens (including phenoxy) is 2. The van der Waals surface area contributed by atoms with Gasteiger partial charge in [-0.25, -0.2) is 10.7 Å². The molecule has 0 atom stereocenters. The standard InChI is InChI=1S/C4H9NO4/c1-7-4(6)8-2-3-9-5/h2-3,5H2,1H3. The molecule has 5 nitrogen and oxygen atoms in total. The third kappa shape index (κ3) is 5.05. The first kappa shape index (κ1) is 8.19. The molecule has 0 aromatic rings. The summed E-state index contributed by atoms with van der Waals surface area (Å²) in [4.78, 5) is 14.2. The van der Waals surface area contributed by atoms with Gasteiger partial charge in [-0.15, -0.1) is 0 Å². The molecular formula is C4H9NO4. The summed E-state index contributed by atoms with van der Waals surface area (Å²) in [5.41, 5.74) is 0. The van der Waals surface area contributed by atoms with Crippen LogP contribution in [0.1, 0.15) is 0 Å². The van der Waals surface area contributed by atoms with Crippen LogP contribution in [0.3, 0.4) is 0 Å². The summed E-state index contributed by atoms with van der Waals surface area (Å²) in [7, 11) is 1.23. The Hall–Kier alpha value is -0.810. The normalized spacial score (nSPS) is 8.67. The Labute approximate surface area is 52.6 Å². The molecule has 0 aliphatic heterocycles. The van der Waals surface area contributed by atoms with Gasteiger partial charge in [0.2, 0.25) is 0 Å². The van der Waals surface area contributed by atoms with Crippen LogP contribution in [0.2, 0.25) is 0 Å². The third-order valence-corrected chi connectivity index (χ3v) is 0.588. The fraction of sp³-hybridized carbons (Fsp3) is 0.750. The van der Waals surface area contributed by atoms with Crippen LogP contribution in [0.5, 0.6) is 0 Å². The summed E-state index contributed by atoms with van der Waals surface area (Å²) in [6.07, 6.45) is -0.730. The minimum absolute atomic E-state index is 0.114. The Kier molecular flexibility index (Phi) is 4.85. The van der Waals surface area contributed by atoms with Gasteiger partial charge in [0.1, 0.15) is 13.2 Å². The van der Waals surface area contributed by atoms with Crippen molar-refractivity contribution in [3.63, 3.8) is 0 Å². The number of rotatable bonds is 3. The Morgan fingerprint density at radius 2 is 2.22 bits per heavy atom. The SMILES string of the molecule is COC(=O)OCCON. The highest BCUT2D eigenvalue weighted by Crippen LogP contribution is 1.79. The van der Waals surface area contributed by atoms with Crippen molar-refractivity contribution in [1.29, 1.82) is 0 Å². The van der Waals surface area contributed by atoms with Gasteiger partial charge in [0, 0.05) is 0 Å². The van der Waals surface area contributed by atoms with E-state index in [1.165, 1.54) is 7.11 Å². The first-order chi connectivity index (χ1) is 4.31. The van der Waals surface area contributed by atoms with Crippen LogP contribution in [0.25, 0.3) is 0 Å². The van der Waals surface area contributed by atoms with Gasteiger partial charge >= 0.3 is 6.16 Å². The molecule has 5 heteroatoms. The number of nitrogens with two attached hydrogens (primary N) is 1. The summed E-state index contributed by atoms with van der Waals surface area (Å²) in [6.45, 7) is 0.290. The minimum atomic E-state index is -0.730. The van der Waals surface area contributed by atoms with E-state index in [1.807, 2.05) is 0 Å². The molecule has 0 saturated heterocycles. The fourth-order valence-electron chi connectivity index (χ4n) is 0.232. The lowest BCUT2D eigenvalue weighted by Crippen LogP contribution is -2.12. The summed E-state index contributed by atoms with van der Waals surface area (Å²) < 4.78 is 8.50. The van der Waals surface area contributed by atoms with Gasteiger partial charge in [-0.1, -0.05) is 0 Å². The topological polar surface area (TPSA) is 70.8 Å². The van der Waals surface area contributed by atoms with Gasteiger partial charge in [0.25, 0.3) is 0 Å². The van der Waals surface area contributed by atoms with Crippen molar-refractivity contribution in [3.05, 3.63) is 0 Å². The number of hydrogen-bond acceptors (Lipinski definition) is 5. The van der Waals surface area contributed by atoms with Crippen LogP contribution in [0.15, 0.2) is 0 Å². The molecule has 54 valence electrons. The highest BCUT2D eigenvalue weighted by atomic mass is 16.7. The second kappa shape index (κ2) is 5.33. The van der Waals surface area contributed by atoms with Gasteiger partial charge in [-0.2, -0.15) is 0 Å². The Balaban J connectivity index is 2.97. The molecule has 0 aliphatic carbocycles. The molecular weight excluding hydrogens is 126 g/mol. The average molecular weight is 135 g/mol. The van der Waals surface area contributed by atoms with E-state index in [0.717, 1.165) is 0 Å². The first-order valence-electron chi connectivity index (χ1n) is 2.33. The smallest absolute Gasteiger partial charge is 0.438 e. The summed E-state index contributed by atoms with van der Waals surface area (Å²) >= 11 is 0. The van der Waals surface area contributed by atoms with Crippen LogP contribution in [0.4, 0.5) is 4.79 Å². The highest BCUT2D eigenvalue weighted by molar-refractivity contribution is 5.59. The maximum Gasteiger partial charge on any atom is 0.508 e. The van der Waals surface area contributed by atoms with Crippen molar-refractivity contribution < 1.29 is 19.1 Å². The molecule has 0 heterocycles. The van der Waals surface area contributed by atoms with Crippen molar-refractivity contribution in [1.82, 2.24) is 0 Å². The lowest BCUT2D eigenvalue weighted by atomic mass is 10.8. The molecule has 0 fully saturated rings. The Morgan fingerprint density at radius 1 is 1.56 bits per heavy atom. The predicted molar refractivity (Wildman–Crippen MR) is 28.5 cm³/mol. The van der Waals surface area contributed by atoms with E-state index in [0.29, 0.717) is 0 Å². The molecule has 0 aromatic carbocycles. The van der Waals surface area contributed by atoms with E-state index in [1.54, 1.807) is 0 Å². The van der Waals surface area contributed by atoms with Gasteiger partial charge in [0.05, 0.1) is 7.11 Å². The molecule has 9 heavy (non-hydrogen) atoms. The fourth-order valence-corrected chi connectivity index (χ4v) is 0.232. The van der Waals surface area contributed by atoms with E-state index in [4.69, 9.17) is 0 Å². The average Bonchev–Trinajstić information content (AvgIpc) is 1.89. The van der Waals surface area contributed by atoms with E-state index in [9.17, 15) is 4.79 Å². The number of carbonyl (C=O) groups excluding carboxylic acids is 1. The van der Waals surface area contributed by atoms with Crippen LogP contribution in [-0.2, 0) is 14.3 Å². The number of carbonyl (C=O) groups is 1. The van der Waals surface area contributed by atoms with Crippen molar-refractivity contribution in [2.75, 3.05) is 20.3 Å². The molecule has 0 aromatic heterocycles. The van der Waals surface area contributed by atoms with E-state index < -0.39 is 6.16 Å². The highest BCUT2D eigenvalue weighted by Gasteiger charge is 1.96. The van der Waals surface area contributed by atoms with Crippen LogP contribution in [-0.4, -0.2) is 26.5 Å². The second-order valence-corrected chi connectivity index (χ2v) is 1.17. The lowest BCUT2D eigenvalue weighted by molar-refractivity contribution is 0.0376.